The van der Waals surface area contributed by atoms with Gasteiger partial charge in [0.15, 0.2) is 0 Å². The maximum Gasteiger partial charge on any atom is 0.225 e. The molecular formula is C11H14INOS. The van der Waals surface area contributed by atoms with E-state index >= 15 is 0 Å². The minimum absolute atomic E-state index is 0.0870. The molecule has 1 N–H and O–H groups in total. The zero-order chi connectivity index (χ0) is 11.3. The Kier molecular flexibility index (Phi) is 5.45. The van der Waals surface area contributed by atoms with Crippen LogP contribution in [0.1, 0.15) is 12.0 Å². The van der Waals surface area contributed by atoms with Gasteiger partial charge in [-0.2, -0.15) is 11.8 Å². The average Bonchev–Trinajstić information content (AvgIpc) is 2.20. The predicted octanol–water partition coefficient (Wildman–Crippen LogP) is 3.29. The van der Waals surface area contributed by atoms with Gasteiger partial charge in [-0.1, -0.05) is 6.07 Å². The van der Waals surface area contributed by atoms with Crippen LogP contribution in [0.5, 0.6) is 0 Å². The Labute approximate surface area is 108 Å². The second kappa shape index (κ2) is 6.37. The molecule has 0 spiro atoms. The highest BCUT2D eigenvalue weighted by Crippen LogP contribution is 2.17. The van der Waals surface area contributed by atoms with Gasteiger partial charge in [-0.05, 0) is 53.5 Å². The normalized spacial score (nSPS) is 10.1. The van der Waals surface area contributed by atoms with Gasteiger partial charge >= 0.3 is 0 Å². The lowest BCUT2D eigenvalue weighted by Gasteiger charge is -2.06. The number of benzene rings is 1. The standard InChI is InChI=1S/C11H14INOS/c1-8-3-4-9(7-10(8)12)13-11(14)5-6-15-2/h3-4,7H,5-6H2,1-2H3,(H,13,14). The van der Waals surface area contributed by atoms with Crippen molar-refractivity contribution in [2.45, 2.75) is 13.3 Å². The molecule has 0 bridgehead atoms. The van der Waals surface area contributed by atoms with E-state index in [2.05, 4.69) is 34.8 Å². The first-order valence-electron chi connectivity index (χ1n) is 4.68. The summed E-state index contributed by atoms with van der Waals surface area (Å²) < 4.78 is 1.18. The van der Waals surface area contributed by atoms with Gasteiger partial charge < -0.3 is 5.32 Å². The highest BCUT2D eigenvalue weighted by Gasteiger charge is 2.02. The highest BCUT2D eigenvalue weighted by atomic mass is 127. The molecule has 1 rings (SSSR count). The molecule has 82 valence electrons. The monoisotopic (exact) mass is 335 g/mol. The van der Waals surface area contributed by atoms with E-state index in [1.165, 1.54) is 9.13 Å². The van der Waals surface area contributed by atoms with Crippen LogP contribution in [0, 0.1) is 10.5 Å². The lowest BCUT2D eigenvalue weighted by atomic mass is 10.2. The molecule has 0 unspecified atom stereocenters. The molecule has 15 heavy (non-hydrogen) atoms. The Hall–Kier alpha value is -0.230. The molecule has 0 atom stereocenters. The Morgan fingerprint density at radius 3 is 2.87 bits per heavy atom. The third kappa shape index (κ3) is 4.42. The first-order chi connectivity index (χ1) is 7.13. The fourth-order valence-electron chi connectivity index (χ4n) is 1.09. The van der Waals surface area contributed by atoms with Crippen LogP contribution < -0.4 is 5.32 Å². The summed E-state index contributed by atoms with van der Waals surface area (Å²) >= 11 is 3.95. The number of aryl methyl sites for hydroxylation is 1. The number of nitrogens with one attached hydrogen (secondary N) is 1. The van der Waals surface area contributed by atoms with Crippen molar-refractivity contribution in [1.82, 2.24) is 0 Å². The van der Waals surface area contributed by atoms with E-state index in [0.29, 0.717) is 6.42 Å². The number of carbonyl (C=O) groups excluding carboxylic acids is 1. The van der Waals surface area contributed by atoms with Gasteiger partial charge in [-0.25, -0.2) is 0 Å². The molecule has 0 saturated heterocycles. The zero-order valence-corrected chi connectivity index (χ0v) is 11.8. The SMILES string of the molecule is CSCCC(=O)Nc1ccc(C)c(I)c1. The van der Waals surface area contributed by atoms with Crippen molar-refractivity contribution in [1.29, 1.82) is 0 Å². The first-order valence-corrected chi connectivity index (χ1v) is 7.15. The Morgan fingerprint density at radius 1 is 1.53 bits per heavy atom. The van der Waals surface area contributed by atoms with E-state index in [4.69, 9.17) is 0 Å². The summed E-state index contributed by atoms with van der Waals surface area (Å²) in [5, 5.41) is 2.89. The van der Waals surface area contributed by atoms with Crippen LogP contribution in [0.4, 0.5) is 5.69 Å². The van der Waals surface area contributed by atoms with Gasteiger partial charge in [0, 0.05) is 21.4 Å². The minimum atomic E-state index is 0.0870. The summed E-state index contributed by atoms with van der Waals surface area (Å²) in [5.41, 5.74) is 2.12. The molecule has 1 aromatic carbocycles. The van der Waals surface area contributed by atoms with Crippen LogP contribution in [0.15, 0.2) is 18.2 Å². The Bertz CT molecular complexity index is 354. The van der Waals surface area contributed by atoms with E-state index in [1.54, 1.807) is 11.8 Å². The number of rotatable bonds is 4. The number of hydrogen-bond acceptors (Lipinski definition) is 2. The van der Waals surface area contributed by atoms with Crippen LogP contribution in [-0.2, 0) is 4.79 Å². The van der Waals surface area contributed by atoms with Crippen molar-refractivity contribution in [3.63, 3.8) is 0 Å². The number of amides is 1. The Morgan fingerprint density at radius 2 is 2.27 bits per heavy atom. The molecule has 2 nitrogen and oxygen atoms in total. The average molecular weight is 335 g/mol. The molecule has 0 aliphatic rings. The van der Waals surface area contributed by atoms with Crippen LogP contribution in [0.3, 0.4) is 0 Å². The molecule has 0 aliphatic carbocycles. The molecule has 0 radical (unpaired) electrons. The fourth-order valence-corrected chi connectivity index (χ4v) is 1.99. The first kappa shape index (κ1) is 12.8. The molecule has 0 aromatic heterocycles. The second-order valence-corrected chi connectivity index (χ2v) is 5.40. The van der Waals surface area contributed by atoms with Crippen LogP contribution in [0.25, 0.3) is 0 Å². The van der Waals surface area contributed by atoms with Crippen molar-refractivity contribution >= 4 is 45.9 Å². The highest BCUT2D eigenvalue weighted by molar-refractivity contribution is 14.1. The fraction of sp³-hybridized carbons (Fsp3) is 0.364. The molecule has 0 heterocycles. The molecule has 0 saturated carbocycles. The molecule has 1 amide bonds. The van der Waals surface area contributed by atoms with Gasteiger partial charge in [0.25, 0.3) is 0 Å². The van der Waals surface area contributed by atoms with E-state index in [1.807, 2.05) is 24.5 Å². The number of hydrogen-bond donors (Lipinski definition) is 1. The lowest BCUT2D eigenvalue weighted by molar-refractivity contribution is -0.115. The number of thioether (sulfide) groups is 1. The van der Waals surface area contributed by atoms with Crippen molar-refractivity contribution in [3.05, 3.63) is 27.3 Å². The minimum Gasteiger partial charge on any atom is -0.326 e. The summed E-state index contributed by atoms with van der Waals surface area (Å²) in [7, 11) is 0. The zero-order valence-electron chi connectivity index (χ0n) is 8.84. The van der Waals surface area contributed by atoms with Gasteiger partial charge in [0.05, 0.1) is 0 Å². The van der Waals surface area contributed by atoms with Gasteiger partial charge in [0.2, 0.25) is 5.91 Å². The molecule has 0 fully saturated rings. The van der Waals surface area contributed by atoms with Crippen LogP contribution in [-0.4, -0.2) is 17.9 Å². The largest absolute Gasteiger partial charge is 0.326 e. The molecular weight excluding hydrogens is 321 g/mol. The van der Waals surface area contributed by atoms with Crippen LogP contribution >= 0.6 is 34.4 Å². The molecule has 0 aliphatic heterocycles. The van der Waals surface area contributed by atoms with E-state index in [0.717, 1.165) is 11.4 Å². The van der Waals surface area contributed by atoms with Gasteiger partial charge in [-0.3, -0.25) is 4.79 Å². The number of carbonyl (C=O) groups is 1. The maximum absolute atomic E-state index is 11.4. The predicted molar refractivity (Wildman–Crippen MR) is 75.5 cm³/mol. The van der Waals surface area contributed by atoms with Crippen molar-refractivity contribution in [2.75, 3.05) is 17.3 Å². The summed E-state index contributed by atoms with van der Waals surface area (Å²) in [5.74, 6) is 0.957. The quantitative estimate of drug-likeness (QED) is 0.856. The molecule has 4 heteroatoms. The third-order valence-corrected chi connectivity index (χ3v) is 3.76. The second-order valence-electron chi connectivity index (χ2n) is 3.25. The molecule has 1 aromatic rings. The summed E-state index contributed by atoms with van der Waals surface area (Å²) in [4.78, 5) is 11.4. The third-order valence-electron chi connectivity index (χ3n) is 1.99. The topological polar surface area (TPSA) is 29.1 Å². The summed E-state index contributed by atoms with van der Waals surface area (Å²) in [6, 6.07) is 5.95. The van der Waals surface area contributed by atoms with Crippen LogP contribution in [0.2, 0.25) is 0 Å². The lowest BCUT2D eigenvalue weighted by Crippen LogP contribution is -2.12. The number of anilines is 1. The van der Waals surface area contributed by atoms with Gasteiger partial charge in [-0.15, -0.1) is 0 Å². The van der Waals surface area contributed by atoms with Crippen molar-refractivity contribution in [3.8, 4) is 0 Å². The van der Waals surface area contributed by atoms with E-state index < -0.39 is 0 Å². The van der Waals surface area contributed by atoms with Gasteiger partial charge in [0.1, 0.15) is 0 Å². The van der Waals surface area contributed by atoms with E-state index in [9.17, 15) is 4.79 Å². The Balaban J connectivity index is 2.57. The maximum atomic E-state index is 11.4. The summed E-state index contributed by atoms with van der Waals surface area (Å²) in [6.45, 7) is 2.06. The van der Waals surface area contributed by atoms with Crippen molar-refractivity contribution < 1.29 is 4.79 Å². The number of halogens is 1. The van der Waals surface area contributed by atoms with Crippen molar-refractivity contribution in [2.24, 2.45) is 0 Å². The smallest absolute Gasteiger partial charge is 0.225 e. The summed E-state index contributed by atoms with van der Waals surface area (Å²) in [6.07, 6.45) is 2.58. The van der Waals surface area contributed by atoms with E-state index in [-0.39, 0.29) is 5.91 Å².